The molecule has 1 aliphatic heterocycles. The first-order valence-electron chi connectivity index (χ1n) is 8.68. The zero-order valence-electron chi connectivity index (χ0n) is 15.1. The van der Waals surface area contributed by atoms with Gasteiger partial charge in [-0.3, -0.25) is 14.5 Å². The van der Waals surface area contributed by atoms with Crippen LogP contribution in [0.5, 0.6) is 0 Å². The van der Waals surface area contributed by atoms with Crippen molar-refractivity contribution in [1.82, 2.24) is 10.2 Å². The number of rotatable bonds is 6. The molecule has 26 heavy (non-hydrogen) atoms. The zero-order chi connectivity index (χ0) is 19.3. The Labute approximate surface area is 154 Å². The van der Waals surface area contributed by atoms with Gasteiger partial charge in [0.2, 0.25) is 21.8 Å². The van der Waals surface area contributed by atoms with Gasteiger partial charge in [-0.15, -0.1) is 0 Å². The highest BCUT2D eigenvalue weighted by Crippen LogP contribution is 2.20. The van der Waals surface area contributed by atoms with Crippen molar-refractivity contribution in [2.75, 3.05) is 25.0 Å². The molecule has 2 amide bonds. The van der Waals surface area contributed by atoms with Crippen LogP contribution in [0.4, 0.5) is 5.69 Å². The minimum absolute atomic E-state index is 0.00986. The number of sulfonamides is 1. The molecule has 0 spiro atoms. The molecular formula is C17H26N4O4S. The minimum atomic E-state index is -3.76. The number of nitrogens with zero attached hydrogens (tertiary/aromatic N) is 1. The second kappa shape index (κ2) is 8.61. The highest BCUT2D eigenvalue weighted by Gasteiger charge is 2.30. The Balaban J connectivity index is 1.97. The van der Waals surface area contributed by atoms with Crippen molar-refractivity contribution < 1.29 is 18.0 Å². The lowest BCUT2D eigenvalue weighted by molar-refractivity contribution is -0.129. The summed E-state index contributed by atoms with van der Waals surface area (Å²) in [5.41, 5.74) is 0.492. The van der Waals surface area contributed by atoms with Crippen molar-refractivity contribution in [1.29, 1.82) is 0 Å². The SMILES string of the molecule is CCNC(=O)C1CCCN(C(C)C(=O)Nc2ccc(S(N)(=O)=O)cc2)C1. The summed E-state index contributed by atoms with van der Waals surface area (Å²) < 4.78 is 22.5. The third-order valence-electron chi connectivity index (χ3n) is 4.55. The summed E-state index contributed by atoms with van der Waals surface area (Å²) in [7, 11) is -3.76. The van der Waals surface area contributed by atoms with Crippen LogP contribution in [-0.2, 0) is 19.6 Å². The lowest BCUT2D eigenvalue weighted by Gasteiger charge is -2.35. The molecular weight excluding hydrogens is 356 g/mol. The Hall–Kier alpha value is -1.97. The number of anilines is 1. The quantitative estimate of drug-likeness (QED) is 0.662. The number of hydrogen-bond acceptors (Lipinski definition) is 5. The van der Waals surface area contributed by atoms with Crippen LogP contribution in [0.25, 0.3) is 0 Å². The molecule has 1 aromatic rings. The lowest BCUT2D eigenvalue weighted by Crippen LogP contribution is -2.50. The predicted octanol–water partition coefficient (Wildman–Crippen LogP) is 0.509. The maximum atomic E-state index is 12.5. The highest BCUT2D eigenvalue weighted by molar-refractivity contribution is 7.89. The number of carbonyl (C=O) groups is 2. The van der Waals surface area contributed by atoms with Gasteiger partial charge >= 0.3 is 0 Å². The smallest absolute Gasteiger partial charge is 0.241 e. The summed E-state index contributed by atoms with van der Waals surface area (Å²) in [6.07, 6.45) is 1.69. The van der Waals surface area contributed by atoms with Crippen LogP contribution in [0.3, 0.4) is 0 Å². The van der Waals surface area contributed by atoms with Gasteiger partial charge in [-0.1, -0.05) is 0 Å². The van der Waals surface area contributed by atoms with Crippen molar-refractivity contribution in [3.8, 4) is 0 Å². The fourth-order valence-electron chi connectivity index (χ4n) is 3.03. The number of benzene rings is 1. The van der Waals surface area contributed by atoms with Crippen molar-refractivity contribution in [3.05, 3.63) is 24.3 Å². The van der Waals surface area contributed by atoms with Gasteiger partial charge in [-0.05, 0) is 57.5 Å². The van der Waals surface area contributed by atoms with Crippen molar-refractivity contribution >= 4 is 27.5 Å². The fourth-order valence-corrected chi connectivity index (χ4v) is 3.55. The number of amides is 2. The average Bonchev–Trinajstić information content (AvgIpc) is 2.61. The Morgan fingerprint density at radius 3 is 2.54 bits per heavy atom. The molecule has 1 saturated heterocycles. The molecule has 2 atom stereocenters. The number of hydrogen-bond donors (Lipinski definition) is 3. The Morgan fingerprint density at radius 2 is 1.96 bits per heavy atom. The maximum absolute atomic E-state index is 12.5. The molecule has 1 heterocycles. The standard InChI is InChI=1S/C17H26N4O4S/c1-3-19-17(23)13-5-4-10-21(11-13)12(2)16(22)20-14-6-8-15(9-7-14)26(18,24)25/h6-9,12-13H,3-5,10-11H2,1-2H3,(H,19,23)(H,20,22)(H2,18,24,25). The second-order valence-corrected chi connectivity index (χ2v) is 8.02. The van der Waals surface area contributed by atoms with Crippen molar-refractivity contribution in [3.63, 3.8) is 0 Å². The number of primary sulfonamides is 1. The average molecular weight is 382 g/mol. The van der Waals surface area contributed by atoms with E-state index in [1.54, 1.807) is 6.92 Å². The minimum Gasteiger partial charge on any atom is -0.356 e. The zero-order valence-corrected chi connectivity index (χ0v) is 15.9. The van der Waals surface area contributed by atoms with Crippen LogP contribution in [-0.4, -0.2) is 50.8 Å². The van der Waals surface area contributed by atoms with E-state index in [1.807, 2.05) is 11.8 Å². The van der Waals surface area contributed by atoms with Crippen LogP contribution in [0, 0.1) is 5.92 Å². The van der Waals surface area contributed by atoms with Gasteiger partial charge in [0.25, 0.3) is 0 Å². The lowest BCUT2D eigenvalue weighted by atomic mass is 9.96. The molecule has 2 rings (SSSR count). The highest BCUT2D eigenvalue weighted by atomic mass is 32.2. The topological polar surface area (TPSA) is 122 Å². The molecule has 9 heteroatoms. The van der Waals surface area contributed by atoms with E-state index in [0.717, 1.165) is 19.4 Å². The Kier molecular flexibility index (Phi) is 6.74. The largest absolute Gasteiger partial charge is 0.356 e. The number of nitrogens with one attached hydrogen (secondary N) is 2. The summed E-state index contributed by atoms with van der Waals surface area (Å²) in [4.78, 5) is 26.5. The molecule has 1 aromatic carbocycles. The van der Waals surface area contributed by atoms with E-state index >= 15 is 0 Å². The van der Waals surface area contributed by atoms with E-state index in [-0.39, 0.29) is 22.6 Å². The van der Waals surface area contributed by atoms with E-state index in [0.29, 0.717) is 18.8 Å². The molecule has 144 valence electrons. The van der Waals surface area contributed by atoms with Gasteiger partial charge in [-0.2, -0.15) is 0 Å². The third kappa shape index (κ3) is 5.26. The molecule has 0 aromatic heterocycles. The monoisotopic (exact) mass is 382 g/mol. The van der Waals surface area contributed by atoms with Gasteiger partial charge in [-0.25, -0.2) is 13.6 Å². The second-order valence-electron chi connectivity index (χ2n) is 6.46. The number of piperidine rings is 1. The molecule has 0 aliphatic carbocycles. The van der Waals surface area contributed by atoms with Gasteiger partial charge in [0.1, 0.15) is 0 Å². The van der Waals surface area contributed by atoms with Gasteiger partial charge in [0.05, 0.1) is 16.9 Å². The van der Waals surface area contributed by atoms with Crippen LogP contribution < -0.4 is 15.8 Å². The van der Waals surface area contributed by atoms with Crippen LogP contribution in [0.1, 0.15) is 26.7 Å². The third-order valence-corrected chi connectivity index (χ3v) is 5.48. The van der Waals surface area contributed by atoms with Gasteiger partial charge in [0.15, 0.2) is 0 Å². The van der Waals surface area contributed by atoms with Crippen LogP contribution in [0.2, 0.25) is 0 Å². The summed E-state index contributed by atoms with van der Waals surface area (Å²) >= 11 is 0. The molecule has 1 aliphatic rings. The van der Waals surface area contributed by atoms with E-state index in [9.17, 15) is 18.0 Å². The van der Waals surface area contributed by atoms with E-state index in [4.69, 9.17) is 5.14 Å². The summed E-state index contributed by atoms with van der Waals surface area (Å²) in [6.45, 7) is 5.59. The summed E-state index contributed by atoms with van der Waals surface area (Å²) in [5.74, 6) is -0.277. The van der Waals surface area contributed by atoms with E-state index in [2.05, 4.69) is 10.6 Å². The molecule has 0 bridgehead atoms. The molecule has 1 fully saturated rings. The van der Waals surface area contributed by atoms with Crippen LogP contribution in [0.15, 0.2) is 29.2 Å². The first-order chi connectivity index (χ1) is 12.2. The number of nitrogens with two attached hydrogens (primary N) is 1. The van der Waals surface area contributed by atoms with Gasteiger partial charge < -0.3 is 10.6 Å². The molecule has 4 N–H and O–H groups in total. The number of likely N-dealkylation sites (tertiary alicyclic amines) is 1. The molecule has 2 unspecified atom stereocenters. The molecule has 0 radical (unpaired) electrons. The Bertz CT molecular complexity index is 749. The van der Waals surface area contributed by atoms with Crippen molar-refractivity contribution in [2.45, 2.75) is 37.6 Å². The fraction of sp³-hybridized carbons (Fsp3) is 0.529. The maximum Gasteiger partial charge on any atom is 0.241 e. The van der Waals surface area contributed by atoms with Crippen molar-refractivity contribution in [2.24, 2.45) is 11.1 Å². The first-order valence-corrected chi connectivity index (χ1v) is 10.2. The normalized spacial score (nSPS) is 19.6. The van der Waals surface area contributed by atoms with E-state index < -0.39 is 16.1 Å². The molecule has 8 nitrogen and oxygen atoms in total. The van der Waals surface area contributed by atoms with Gasteiger partial charge in [0, 0.05) is 18.8 Å². The molecule has 0 saturated carbocycles. The summed E-state index contributed by atoms with van der Waals surface area (Å²) in [6, 6.07) is 5.30. The summed E-state index contributed by atoms with van der Waals surface area (Å²) in [5, 5.41) is 10.7. The first kappa shape index (κ1) is 20.3. The predicted molar refractivity (Wildman–Crippen MR) is 98.9 cm³/mol. The van der Waals surface area contributed by atoms with Crippen LogP contribution >= 0.6 is 0 Å². The Morgan fingerprint density at radius 1 is 1.31 bits per heavy atom. The number of carbonyl (C=O) groups excluding carboxylic acids is 2. The van der Waals surface area contributed by atoms with E-state index in [1.165, 1.54) is 24.3 Å².